The molecule has 0 atom stereocenters. The van der Waals surface area contributed by atoms with E-state index in [4.69, 9.17) is 0 Å². The second kappa shape index (κ2) is 7.30. The van der Waals surface area contributed by atoms with Crippen molar-refractivity contribution in [2.75, 3.05) is 0 Å². The number of hydrogen-bond acceptors (Lipinski definition) is 1. The first-order chi connectivity index (χ1) is 11.2. The normalized spacial score (nSPS) is 12.4. The molecule has 130 valence electrons. The van der Waals surface area contributed by atoms with E-state index in [1.54, 1.807) is 12.1 Å². The van der Waals surface area contributed by atoms with Crippen LogP contribution in [-0.2, 0) is 30.4 Å². The Balaban J connectivity index is 1.94. The molecule has 2 aromatic rings. The Kier molecular flexibility index (Phi) is 5.59. The van der Waals surface area contributed by atoms with Gasteiger partial charge in [-0.1, -0.05) is 43.3 Å². The number of aryl methyl sites for hydroxylation is 1. The third-order valence-corrected chi connectivity index (χ3v) is 3.57. The smallest absolute Gasteiger partial charge is 0.315 e. The molecule has 0 fully saturated rings. The van der Waals surface area contributed by atoms with E-state index < -0.39 is 24.3 Å². The van der Waals surface area contributed by atoms with Gasteiger partial charge >= 0.3 is 12.3 Å². The van der Waals surface area contributed by atoms with E-state index in [1.165, 1.54) is 0 Å². The zero-order chi connectivity index (χ0) is 17.8. The molecule has 0 saturated heterocycles. The highest BCUT2D eigenvalue weighted by molar-refractivity contribution is 5.25. The quantitative estimate of drug-likeness (QED) is 0.618. The molecule has 0 N–H and O–H groups in total. The van der Waals surface area contributed by atoms with Crippen LogP contribution in [0, 0.1) is 0 Å². The molecule has 2 rings (SSSR count). The van der Waals surface area contributed by atoms with Crippen LogP contribution < -0.4 is 0 Å². The molecule has 6 heteroatoms. The summed E-state index contributed by atoms with van der Waals surface area (Å²) in [4.78, 5) is 0. The molecule has 0 aliphatic rings. The number of ether oxygens (including phenoxy) is 1. The predicted molar refractivity (Wildman–Crippen MR) is 80.7 cm³/mol. The standard InChI is InChI=1S/C18H17F5O/c1-2-13-3-5-15(6-4-13)12-24-17(19,20)11-14-7-9-16(10-8-14)18(21,22)23/h3-10H,2,11-12H2,1H3. The van der Waals surface area contributed by atoms with Crippen molar-refractivity contribution in [3.8, 4) is 0 Å². The van der Waals surface area contributed by atoms with Crippen LogP contribution in [0.25, 0.3) is 0 Å². The Bertz CT molecular complexity index is 645. The van der Waals surface area contributed by atoms with Gasteiger partial charge in [-0.25, -0.2) is 0 Å². The van der Waals surface area contributed by atoms with Gasteiger partial charge < -0.3 is 4.74 Å². The predicted octanol–water partition coefficient (Wildman–Crippen LogP) is 5.62. The van der Waals surface area contributed by atoms with Crippen molar-refractivity contribution < 1.29 is 26.7 Å². The summed E-state index contributed by atoms with van der Waals surface area (Å²) in [5.74, 6) is 0. The lowest BCUT2D eigenvalue weighted by Gasteiger charge is -2.17. The van der Waals surface area contributed by atoms with Crippen molar-refractivity contribution in [1.82, 2.24) is 0 Å². The number of hydrogen-bond donors (Lipinski definition) is 0. The second-order valence-electron chi connectivity index (χ2n) is 5.47. The minimum atomic E-state index is -4.48. The van der Waals surface area contributed by atoms with Crippen molar-refractivity contribution in [3.63, 3.8) is 0 Å². The summed E-state index contributed by atoms with van der Waals surface area (Å²) in [5, 5.41) is 0. The Morgan fingerprint density at radius 2 is 1.25 bits per heavy atom. The maximum absolute atomic E-state index is 13.8. The first-order valence-corrected chi connectivity index (χ1v) is 7.45. The highest BCUT2D eigenvalue weighted by Gasteiger charge is 2.32. The largest absolute Gasteiger partial charge is 0.416 e. The summed E-state index contributed by atoms with van der Waals surface area (Å²) in [5.41, 5.74) is 0.912. The fourth-order valence-electron chi connectivity index (χ4n) is 2.16. The number of benzene rings is 2. The van der Waals surface area contributed by atoms with E-state index in [1.807, 2.05) is 19.1 Å². The molecule has 0 saturated carbocycles. The first kappa shape index (κ1) is 18.4. The van der Waals surface area contributed by atoms with Gasteiger partial charge in [0.25, 0.3) is 0 Å². The van der Waals surface area contributed by atoms with E-state index in [-0.39, 0.29) is 12.2 Å². The van der Waals surface area contributed by atoms with Crippen LogP contribution >= 0.6 is 0 Å². The van der Waals surface area contributed by atoms with Gasteiger partial charge in [0.2, 0.25) is 0 Å². The zero-order valence-corrected chi connectivity index (χ0v) is 13.0. The van der Waals surface area contributed by atoms with Gasteiger partial charge in [-0.15, -0.1) is 0 Å². The lowest BCUT2D eigenvalue weighted by atomic mass is 10.1. The number of rotatable bonds is 6. The van der Waals surface area contributed by atoms with Gasteiger partial charge in [0, 0.05) is 0 Å². The van der Waals surface area contributed by atoms with Crippen molar-refractivity contribution >= 4 is 0 Å². The average Bonchev–Trinajstić information content (AvgIpc) is 2.53. The lowest BCUT2D eigenvalue weighted by Crippen LogP contribution is -2.23. The molecule has 1 nitrogen and oxygen atoms in total. The molecule has 24 heavy (non-hydrogen) atoms. The molecular weight excluding hydrogens is 327 g/mol. The second-order valence-corrected chi connectivity index (χ2v) is 5.47. The minimum absolute atomic E-state index is 0.0781. The monoisotopic (exact) mass is 344 g/mol. The van der Waals surface area contributed by atoms with Gasteiger partial charge in [0.05, 0.1) is 18.6 Å². The maximum Gasteiger partial charge on any atom is 0.416 e. The first-order valence-electron chi connectivity index (χ1n) is 7.45. The third kappa shape index (κ3) is 5.30. The zero-order valence-electron chi connectivity index (χ0n) is 13.0. The van der Waals surface area contributed by atoms with E-state index in [0.717, 1.165) is 36.2 Å². The van der Waals surface area contributed by atoms with Crippen molar-refractivity contribution in [2.24, 2.45) is 0 Å². The van der Waals surface area contributed by atoms with Crippen LogP contribution in [0.4, 0.5) is 22.0 Å². The summed E-state index contributed by atoms with van der Waals surface area (Å²) in [6.45, 7) is 1.72. The Hall–Kier alpha value is -1.95. The molecular formula is C18H17F5O. The maximum atomic E-state index is 13.8. The van der Waals surface area contributed by atoms with E-state index in [2.05, 4.69) is 4.74 Å². The topological polar surface area (TPSA) is 9.23 Å². The van der Waals surface area contributed by atoms with Crippen LogP contribution in [0.15, 0.2) is 48.5 Å². The molecule has 0 unspecified atom stereocenters. The summed E-state index contributed by atoms with van der Waals surface area (Å²) in [7, 11) is 0. The molecule has 0 spiro atoms. The Labute approximate surface area is 137 Å². The summed E-state index contributed by atoms with van der Waals surface area (Å²) in [6, 6.07) is 10.8. The van der Waals surface area contributed by atoms with Gasteiger partial charge in [-0.2, -0.15) is 22.0 Å². The van der Waals surface area contributed by atoms with Crippen LogP contribution in [0.5, 0.6) is 0 Å². The minimum Gasteiger partial charge on any atom is -0.315 e. The third-order valence-electron chi connectivity index (χ3n) is 3.57. The van der Waals surface area contributed by atoms with Crippen LogP contribution in [0.1, 0.15) is 29.2 Å². The van der Waals surface area contributed by atoms with Gasteiger partial charge in [-0.05, 0) is 35.2 Å². The van der Waals surface area contributed by atoms with Crippen molar-refractivity contribution in [1.29, 1.82) is 0 Å². The summed E-state index contributed by atoms with van der Waals surface area (Å²) in [6.07, 6.45) is -7.87. The molecule has 0 aromatic heterocycles. The SMILES string of the molecule is CCc1ccc(COC(F)(F)Cc2ccc(C(F)(F)F)cc2)cc1. The van der Waals surface area contributed by atoms with E-state index in [0.29, 0.717) is 5.56 Å². The highest BCUT2D eigenvalue weighted by atomic mass is 19.4. The van der Waals surface area contributed by atoms with Crippen molar-refractivity contribution in [3.05, 3.63) is 70.8 Å². The molecule has 0 bridgehead atoms. The fourth-order valence-corrected chi connectivity index (χ4v) is 2.16. The number of halogens is 5. The molecule has 0 amide bonds. The highest BCUT2D eigenvalue weighted by Crippen LogP contribution is 2.30. The Morgan fingerprint density at radius 1 is 0.750 bits per heavy atom. The van der Waals surface area contributed by atoms with Crippen LogP contribution in [-0.4, -0.2) is 6.11 Å². The van der Waals surface area contributed by atoms with Gasteiger partial charge in [0.15, 0.2) is 0 Å². The van der Waals surface area contributed by atoms with Gasteiger partial charge in [0.1, 0.15) is 0 Å². The summed E-state index contributed by atoms with van der Waals surface area (Å²) < 4.78 is 69.6. The molecule has 0 aliphatic heterocycles. The Morgan fingerprint density at radius 3 is 1.75 bits per heavy atom. The van der Waals surface area contributed by atoms with E-state index >= 15 is 0 Å². The number of alkyl halides is 5. The van der Waals surface area contributed by atoms with Crippen LogP contribution in [0.2, 0.25) is 0 Å². The van der Waals surface area contributed by atoms with E-state index in [9.17, 15) is 22.0 Å². The van der Waals surface area contributed by atoms with Crippen LogP contribution in [0.3, 0.4) is 0 Å². The van der Waals surface area contributed by atoms with Crippen molar-refractivity contribution in [2.45, 2.75) is 38.7 Å². The molecule has 0 heterocycles. The molecule has 0 radical (unpaired) electrons. The molecule has 0 aliphatic carbocycles. The van der Waals surface area contributed by atoms with Gasteiger partial charge in [-0.3, -0.25) is 0 Å². The fraction of sp³-hybridized carbons (Fsp3) is 0.333. The molecule has 2 aromatic carbocycles. The average molecular weight is 344 g/mol. The lowest BCUT2D eigenvalue weighted by molar-refractivity contribution is -0.244. The summed E-state index contributed by atoms with van der Waals surface area (Å²) >= 11 is 0.